The number of hydrogen-bond acceptors (Lipinski definition) is 6. The maximum Gasteiger partial charge on any atom is 0.407 e. The predicted octanol–water partition coefficient (Wildman–Crippen LogP) is 3.77. The van der Waals surface area contributed by atoms with Crippen LogP contribution >= 0.6 is 0 Å². The number of nitrogens with zero attached hydrogens (tertiary/aromatic N) is 1. The van der Waals surface area contributed by atoms with Crippen LogP contribution in [0.5, 0.6) is 0 Å². The van der Waals surface area contributed by atoms with Crippen molar-refractivity contribution in [3.63, 3.8) is 0 Å². The highest BCUT2D eigenvalue weighted by Gasteiger charge is 2.63. The Morgan fingerprint density at radius 2 is 1.97 bits per heavy atom. The number of carbonyl (C=O) groups is 3. The first-order valence-electron chi connectivity index (χ1n) is 11.4. The number of methoxy groups -OCH3 is 1. The molecule has 1 fully saturated rings. The van der Waals surface area contributed by atoms with Gasteiger partial charge in [0, 0.05) is 35.6 Å². The SMILES string of the molecule is CCC1(CCCNC(=O)OC(C)(C)C)CCC(=O)N2c3ccccc3/C(=C\C(=O)OC)C21O. The summed E-state index contributed by atoms with van der Waals surface area (Å²) >= 11 is 0. The summed E-state index contributed by atoms with van der Waals surface area (Å²) in [4.78, 5) is 38.8. The van der Waals surface area contributed by atoms with Crippen LogP contribution in [-0.2, 0) is 19.1 Å². The minimum absolute atomic E-state index is 0.186. The van der Waals surface area contributed by atoms with Crippen LogP contribution < -0.4 is 10.2 Å². The van der Waals surface area contributed by atoms with E-state index in [0.717, 1.165) is 0 Å². The molecule has 0 bridgehead atoms. The molecule has 1 aromatic rings. The Bertz CT molecular complexity index is 966. The van der Waals surface area contributed by atoms with E-state index in [-0.39, 0.29) is 12.3 Å². The fourth-order valence-electron chi connectivity index (χ4n) is 5.03. The van der Waals surface area contributed by atoms with Gasteiger partial charge in [0.2, 0.25) is 5.91 Å². The Morgan fingerprint density at radius 1 is 1.27 bits per heavy atom. The molecular formula is C25H34N2O6. The molecule has 0 aliphatic carbocycles. The molecule has 2 N–H and O–H groups in total. The number of aliphatic hydroxyl groups is 1. The average molecular weight is 459 g/mol. The molecule has 33 heavy (non-hydrogen) atoms. The third-order valence-corrected chi connectivity index (χ3v) is 6.58. The zero-order valence-corrected chi connectivity index (χ0v) is 20.1. The number of amides is 2. The molecule has 180 valence electrons. The highest BCUT2D eigenvalue weighted by Crippen LogP contribution is 2.60. The highest BCUT2D eigenvalue weighted by molar-refractivity contribution is 6.10. The lowest BCUT2D eigenvalue weighted by atomic mass is 9.63. The second-order valence-electron chi connectivity index (χ2n) is 9.67. The molecule has 1 saturated heterocycles. The van der Waals surface area contributed by atoms with Gasteiger partial charge in [0.25, 0.3) is 0 Å². The quantitative estimate of drug-likeness (QED) is 0.382. The van der Waals surface area contributed by atoms with E-state index in [9.17, 15) is 19.5 Å². The number of anilines is 1. The summed E-state index contributed by atoms with van der Waals surface area (Å²) in [5.41, 5.74) is -1.39. The van der Waals surface area contributed by atoms with Crippen LogP contribution in [0.3, 0.4) is 0 Å². The van der Waals surface area contributed by atoms with Gasteiger partial charge in [-0.1, -0.05) is 25.1 Å². The van der Waals surface area contributed by atoms with Gasteiger partial charge in [-0.2, -0.15) is 0 Å². The van der Waals surface area contributed by atoms with Crippen LogP contribution in [0, 0.1) is 5.41 Å². The monoisotopic (exact) mass is 458 g/mol. The predicted molar refractivity (Wildman–Crippen MR) is 124 cm³/mol. The number of para-hydroxylation sites is 1. The number of esters is 1. The van der Waals surface area contributed by atoms with Gasteiger partial charge in [-0.05, 0) is 52.5 Å². The normalized spacial score (nSPS) is 25.5. The molecule has 2 heterocycles. The lowest BCUT2D eigenvalue weighted by molar-refractivity contribution is -0.138. The Labute approximate surface area is 194 Å². The molecule has 0 aromatic heterocycles. The molecule has 2 unspecified atom stereocenters. The Morgan fingerprint density at radius 3 is 2.61 bits per heavy atom. The third kappa shape index (κ3) is 4.49. The standard InChI is InChI=1S/C25H34N2O6/c1-6-24(13-9-15-26-22(30)33-23(2,3)4)14-12-20(28)27-19-11-8-7-10-17(19)18(25(24,27)31)16-21(29)32-5/h7-8,10-11,16,31H,6,9,12-15H2,1-5H3,(H,26,30)/b18-16+. The van der Waals surface area contributed by atoms with E-state index >= 15 is 0 Å². The van der Waals surface area contributed by atoms with Crippen LogP contribution in [0.4, 0.5) is 10.5 Å². The minimum Gasteiger partial charge on any atom is -0.466 e. The minimum atomic E-state index is -1.69. The van der Waals surface area contributed by atoms with Gasteiger partial charge in [0.1, 0.15) is 5.60 Å². The largest absolute Gasteiger partial charge is 0.466 e. The van der Waals surface area contributed by atoms with Gasteiger partial charge in [-0.3, -0.25) is 9.69 Å². The Kier molecular flexibility index (Phi) is 6.88. The van der Waals surface area contributed by atoms with Gasteiger partial charge in [0.05, 0.1) is 12.8 Å². The fraction of sp³-hybridized carbons (Fsp3) is 0.560. The number of hydrogen-bond donors (Lipinski definition) is 2. The number of rotatable bonds is 6. The van der Waals surface area contributed by atoms with Crippen molar-refractivity contribution in [3.8, 4) is 0 Å². The number of nitrogens with one attached hydrogen (secondary N) is 1. The first kappa shape index (κ1) is 24.8. The number of carbonyl (C=O) groups excluding carboxylic acids is 3. The van der Waals surface area contributed by atoms with E-state index in [4.69, 9.17) is 9.47 Å². The van der Waals surface area contributed by atoms with Gasteiger partial charge < -0.3 is 19.9 Å². The number of benzene rings is 1. The van der Waals surface area contributed by atoms with Crippen molar-refractivity contribution < 1.29 is 29.0 Å². The third-order valence-electron chi connectivity index (χ3n) is 6.58. The molecule has 2 amide bonds. The maximum absolute atomic E-state index is 13.0. The maximum atomic E-state index is 13.0. The lowest BCUT2D eigenvalue weighted by Crippen LogP contribution is -2.64. The van der Waals surface area contributed by atoms with Crippen molar-refractivity contribution >= 4 is 29.2 Å². The van der Waals surface area contributed by atoms with E-state index in [0.29, 0.717) is 49.1 Å². The van der Waals surface area contributed by atoms with Crippen LogP contribution in [0.25, 0.3) is 5.57 Å². The van der Waals surface area contributed by atoms with Crippen LogP contribution in [0.2, 0.25) is 0 Å². The van der Waals surface area contributed by atoms with E-state index in [1.807, 2.05) is 13.0 Å². The van der Waals surface area contributed by atoms with E-state index in [2.05, 4.69) is 5.32 Å². The molecule has 2 aliphatic heterocycles. The smallest absolute Gasteiger partial charge is 0.407 e. The Hall–Kier alpha value is -2.87. The van der Waals surface area contributed by atoms with Crippen molar-refractivity contribution in [2.45, 2.75) is 71.1 Å². The second-order valence-corrected chi connectivity index (χ2v) is 9.67. The molecule has 0 radical (unpaired) electrons. The topological polar surface area (TPSA) is 105 Å². The molecule has 2 aliphatic rings. The fourth-order valence-corrected chi connectivity index (χ4v) is 5.03. The molecule has 0 spiro atoms. The number of ether oxygens (including phenoxy) is 2. The number of piperidine rings is 1. The molecule has 8 heteroatoms. The first-order valence-corrected chi connectivity index (χ1v) is 11.4. The zero-order valence-electron chi connectivity index (χ0n) is 20.1. The van der Waals surface area contributed by atoms with Crippen molar-refractivity contribution in [1.82, 2.24) is 5.32 Å². The van der Waals surface area contributed by atoms with Gasteiger partial charge in [-0.25, -0.2) is 9.59 Å². The summed E-state index contributed by atoms with van der Waals surface area (Å²) < 4.78 is 10.1. The summed E-state index contributed by atoms with van der Waals surface area (Å²) in [5, 5.41) is 15.1. The first-order chi connectivity index (χ1) is 15.5. The molecule has 2 atom stereocenters. The van der Waals surface area contributed by atoms with Crippen LogP contribution in [0.1, 0.15) is 65.4 Å². The second kappa shape index (κ2) is 9.17. The summed E-state index contributed by atoms with van der Waals surface area (Å²) in [6.45, 7) is 7.74. The van der Waals surface area contributed by atoms with Gasteiger partial charge in [0.15, 0.2) is 5.72 Å². The number of alkyl carbamates (subject to hydrolysis) is 1. The van der Waals surface area contributed by atoms with Crippen molar-refractivity contribution in [1.29, 1.82) is 0 Å². The van der Waals surface area contributed by atoms with E-state index in [1.54, 1.807) is 39.0 Å². The summed E-state index contributed by atoms with van der Waals surface area (Å²) in [6, 6.07) is 7.21. The molecule has 8 nitrogen and oxygen atoms in total. The lowest BCUT2D eigenvalue weighted by Gasteiger charge is -2.53. The number of fused-ring (bicyclic) bond motifs is 3. The average Bonchev–Trinajstić information content (AvgIpc) is 3.01. The molecule has 3 rings (SSSR count). The van der Waals surface area contributed by atoms with Gasteiger partial charge >= 0.3 is 12.1 Å². The van der Waals surface area contributed by atoms with Crippen LogP contribution in [0.15, 0.2) is 30.3 Å². The van der Waals surface area contributed by atoms with Crippen molar-refractivity contribution in [3.05, 3.63) is 35.9 Å². The van der Waals surface area contributed by atoms with Crippen molar-refractivity contribution in [2.24, 2.45) is 5.41 Å². The molecule has 0 saturated carbocycles. The van der Waals surface area contributed by atoms with E-state index in [1.165, 1.54) is 18.1 Å². The van der Waals surface area contributed by atoms with Crippen LogP contribution in [-0.4, -0.2) is 48.1 Å². The zero-order chi connectivity index (χ0) is 24.4. The molecule has 1 aromatic carbocycles. The van der Waals surface area contributed by atoms with E-state index < -0.39 is 28.8 Å². The Balaban J connectivity index is 1.93. The summed E-state index contributed by atoms with van der Waals surface area (Å²) in [5.74, 6) is -0.779. The summed E-state index contributed by atoms with van der Waals surface area (Å²) in [7, 11) is 1.28. The molecular weight excluding hydrogens is 424 g/mol. The highest BCUT2D eigenvalue weighted by atomic mass is 16.6. The van der Waals surface area contributed by atoms with Gasteiger partial charge in [-0.15, -0.1) is 0 Å². The summed E-state index contributed by atoms with van der Waals surface area (Å²) in [6.07, 6.45) is 3.23. The van der Waals surface area contributed by atoms with Crippen molar-refractivity contribution in [2.75, 3.05) is 18.6 Å².